The molecule has 5 heteroatoms. The number of rotatable bonds is 2. The minimum atomic E-state index is -1.97. The average molecular weight is 181 g/mol. The van der Waals surface area contributed by atoms with Gasteiger partial charge in [-0.1, -0.05) is 0 Å². The minimum absolute atomic E-state index is 0.687. The third-order valence-corrected chi connectivity index (χ3v) is 3.72. The third kappa shape index (κ3) is 2.31. The predicted molar refractivity (Wildman–Crippen MR) is 45.5 cm³/mol. The highest BCUT2D eigenvalue weighted by molar-refractivity contribution is 8.22. The van der Waals surface area contributed by atoms with E-state index in [1.807, 2.05) is 4.31 Å². The van der Waals surface area contributed by atoms with E-state index in [4.69, 9.17) is 8.92 Å². The lowest BCUT2D eigenvalue weighted by molar-refractivity contribution is 0.0677. The van der Waals surface area contributed by atoms with Crippen LogP contribution < -0.4 is 0 Å². The molecule has 1 aliphatic rings. The fourth-order valence-electron chi connectivity index (χ4n) is 0.991. The summed E-state index contributed by atoms with van der Waals surface area (Å²) in [4.78, 5) is 0. The molecule has 0 radical (unpaired) electrons. The predicted octanol–water partition coefficient (Wildman–Crippen LogP) is 0.702. The summed E-state index contributed by atoms with van der Waals surface area (Å²) in [6.07, 6.45) is 1.72. The van der Waals surface area contributed by atoms with Gasteiger partial charge in [-0.2, -0.15) is 0 Å². The van der Waals surface area contributed by atoms with Crippen LogP contribution in [0.15, 0.2) is 0 Å². The van der Waals surface area contributed by atoms with Crippen molar-refractivity contribution < 1.29 is 13.5 Å². The van der Waals surface area contributed by atoms with Gasteiger partial charge in [-0.25, -0.2) is 4.31 Å². The molecule has 0 spiro atoms. The largest absolute Gasteiger partial charge is 0.379 e. The van der Waals surface area contributed by atoms with Gasteiger partial charge in [0, 0.05) is 19.3 Å². The molecule has 1 aliphatic heterocycles. The molecule has 11 heavy (non-hydrogen) atoms. The summed E-state index contributed by atoms with van der Waals surface area (Å²) < 4.78 is 21.7. The van der Waals surface area contributed by atoms with Gasteiger partial charge in [-0.15, -0.1) is 10.8 Å². The SMILES string of the molecule is COS(C)(O)N1CCOCC1. The van der Waals surface area contributed by atoms with E-state index < -0.39 is 10.8 Å². The van der Waals surface area contributed by atoms with Crippen molar-refractivity contribution in [3.8, 4) is 0 Å². The summed E-state index contributed by atoms with van der Waals surface area (Å²) in [6.45, 7) is 2.89. The highest BCUT2D eigenvalue weighted by Crippen LogP contribution is 2.43. The van der Waals surface area contributed by atoms with Gasteiger partial charge in [0.1, 0.15) is 0 Å². The normalized spacial score (nSPS) is 29.4. The molecule has 68 valence electrons. The molecule has 1 N–H and O–H groups in total. The molecule has 1 unspecified atom stereocenters. The standard InChI is InChI=1S/C6H15NO3S/c1-9-11(2,8)7-3-5-10-6-4-7/h8H,3-6H2,1-2H3. The van der Waals surface area contributed by atoms with Gasteiger partial charge < -0.3 is 4.74 Å². The highest BCUT2D eigenvalue weighted by atomic mass is 32.3. The molecule has 0 aliphatic carbocycles. The second-order valence-corrected chi connectivity index (χ2v) is 4.85. The second-order valence-electron chi connectivity index (χ2n) is 2.47. The first-order chi connectivity index (χ1) is 5.17. The number of morpholine rings is 1. The molecule has 1 atom stereocenters. The smallest absolute Gasteiger partial charge is 0.0620 e. The van der Waals surface area contributed by atoms with Crippen LogP contribution in [0.3, 0.4) is 0 Å². The number of ether oxygens (including phenoxy) is 1. The topological polar surface area (TPSA) is 41.9 Å². The fraction of sp³-hybridized carbons (Fsp3) is 1.00. The van der Waals surface area contributed by atoms with Gasteiger partial charge in [-0.3, -0.25) is 8.74 Å². The fourth-order valence-corrected chi connectivity index (χ4v) is 2.03. The van der Waals surface area contributed by atoms with Crippen LogP contribution in [0.1, 0.15) is 0 Å². The van der Waals surface area contributed by atoms with Gasteiger partial charge in [0.05, 0.1) is 20.3 Å². The molecule has 0 amide bonds. The van der Waals surface area contributed by atoms with Crippen LogP contribution in [0.2, 0.25) is 0 Å². The zero-order valence-electron chi connectivity index (χ0n) is 6.95. The van der Waals surface area contributed by atoms with Crippen LogP contribution in [0, 0.1) is 0 Å². The first-order valence-corrected chi connectivity index (χ1v) is 5.44. The van der Waals surface area contributed by atoms with E-state index in [0.29, 0.717) is 13.2 Å². The van der Waals surface area contributed by atoms with Crippen molar-refractivity contribution in [3.63, 3.8) is 0 Å². The van der Waals surface area contributed by atoms with Crippen molar-refractivity contribution in [2.45, 2.75) is 0 Å². The van der Waals surface area contributed by atoms with Gasteiger partial charge in [-0.05, 0) is 0 Å². The zero-order valence-corrected chi connectivity index (χ0v) is 7.76. The summed E-state index contributed by atoms with van der Waals surface area (Å²) >= 11 is 0. The summed E-state index contributed by atoms with van der Waals surface area (Å²) in [7, 11) is -0.435. The van der Waals surface area contributed by atoms with E-state index >= 15 is 0 Å². The van der Waals surface area contributed by atoms with Crippen LogP contribution in [-0.2, 0) is 8.92 Å². The summed E-state index contributed by atoms with van der Waals surface area (Å²) in [5.41, 5.74) is 0. The molecule has 0 aromatic carbocycles. The summed E-state index contributed by atoms with van der Waals surface area (Å²) in [5.74, 6) is 0. The van der Waals surface area contributed by atoms with Gasteiger partial charge in [0.25, 0.3) is 0 Å². The second kappa shape index (κ2) is 3.73. The maximum Gasteiger partial charge on any atom is 0.0620 e. The van der Waals surface area contributed by atoms with Gasteiger partial charge >= 0.3 is 0 Å². The Morgan fingerprint density at radius 2 is 2.00 bits per heavy atom. The molecule has 1 rings (SSSR count). The highest BCUT2D eigenvalue weighted by Gasteiger charge is 2.21. The Balaban J connectivity index is 2.43. The molecule has 1 saturated heterocycles. The van der Waals surface area contributed by atoms with E-state index in [2.05, 4.69) is 0 Å². The molecule has 0 bridgehead atoms. The molecule has 0 saturated carbocycles. The first kappa shape index (κ1) is 9.28. The molecule has 1 fully saturated rings. The maximum atomic E-state index is 9.68. The van der Waals surface area contributed by atoms with Crippen LogP contribution in [0.5, 0.6) is 0 Å². The summed E-state index contributed by atoms with van der Waals surface area (Å²) in [6, 6.07) is 0. The van der Waals surface area contributed by atoms with Gasteiger partial charge in [0.2, 0.25) is 0 Å². The Morgan fingerprint density at radius 3 is 2.45 bits per heavy atom. The minimum Gasteiger partial charge on any atom is -0.379 e. The molecular formula is C6H15NO3S. The zero-order chi connectivity index (χ0) is 8.32. The summed E-state index contributed by atoms with van der Waals surface area (Å²) in [5, 5.41) is 0. The number of nitrogens with zero attached hydrogens (tertiary/aromatic N) is 1. The van der Waals surface area contributed by atoms with Crippen LogP contribution in [-0.4, -0.2) is 48.5 Å². The molecule has 4 nitrogen and oxygen atoms in total. The molecule has 0 aromatic heterocycles. The Kier molecular flexibility index (Phi) is 3.15. The van der Waals surface area contributed by atoms with E-state index in [-0.39, 0.29) is 0 Å². The molecule has 0 aromatic rings. The van der Waals surface area contributed by atoms with Crippen molar-refractivity contribution in [2.75, 3.05) is 39.7 Å². The van der Waals surface area contributed by atoms with Crippen LogP contribution >= 0.6 is 10.8 Å². The Bertz CT molecular complexity index is 125. The van der Waals surface area contributed by atoms with E-state index in [9.17, 15) is 4.55 Å². The number of hydrogen-bond acceptors (Lipinski definition) is 4. The third-order valence-electron chi connectivity index (χ3n) is 1.76. The van der Waals surface area contributed by atoms with Crippen molar-refractivity contribution in [2.24, 2.45) is 0 Å². The van der Waals surface area contributed by atoms with Crippen molar-refractivity contribution >= 4 is 10.8 Å². The molecule has 1 heterocycles. The molecular weight excluding hydrogens is 166 g/mol. The quantitative estimate of drug-likeness (QED) is 0.681. The van der Waals surface area contributed by atoms with Crippen molar-refractivity contribution in [1.82, 2.24) is 4.31 Å². The van der Waals surface area contributed by atoms with Crippen molar-refractivity contribution in [3.05, 3.63) is 0 Å². The Morgan fingerprint density at radius 1 is 1.45 bits per heavy atom. The average Bonchev–Trinajstić information content (AvgIpc) is 2.06. The Hall–Kier alpha value is 0.190. The van der Waals surface area contributed by atoms with Crippen LogP contribution in [0.25, 0.3) is 0 Å². The van der Waals surface area contributed by atoms with E-state index in [1.165, 1.54) is 7.11 Å². The van der Waals surface area contributed by atoms with Crippen LogP contribution in [0.4, 0.5) is 0 Å². The monoisotopic (exact) mass is 181 g/mol. The van der Waals surface area contributed by atoms with E-state index in [0.717, 1.165) is 13.1 Å². The lowest BCUT2D eigenvalue weighted by Crippen LogP contribution is -2.38. The van der Waals surface area contributed by atoms with Crippen molar-refractivity contribution in [1.29, 1.82) is 0 Å². The Labute approximate surface area is 69.0 Å². The lowest BCUT2D eigenvalue weighted by atomic mass is 10.5. The van der Waals surface area contributed by atoms with E-state index in [1.54, 1.807) is 6.26 Å². The number of hydrogen-bond donors (Lipinski definition) is 1. The maximum absolute atomic E-state index is 9.68. The first-order valence-electron chi connectivity index (χ1n) is 3.56. The lowest BCUT2D eigenvalue weighted by Gasteiger charge is -2.44. The van der Waals surface area contributed by atoms with Gasteiger partial charge in [0.15, 0.2) is 0 Å².